The van der Waals surface area contributed by atoms with E-state index in [1.54, 1.807) is 48.6 Å². The van der Waals surface area contributed by atoms with Gasteiger partial charge < -0.3 is 0 Å². The second-order valence-electron chi connectivity index (χ2n) is 17.4. The third kappa shape index (κ3) is 8.43. The molecule has 0 saturated carbocycles. The molecular weight excluding hydrogens is 913 g/mol. The van der Waals surface area contributed by atoms with Crippen LogP contribution in [0.2, 0.25) is 0 Å². The Morgan fingerprint density at radius 2 is 0.739 bits per heavy atom. The van der Waals surface area contributed by atoms with Gasteiger partial charge >= 0.3 is 11.8 Å². The van der Waals surface area contributed by atoms with Gasteiger partial charge in [-0.3, -0.25) is 0 Å². The number of alkyl halides is 4. The predicted octanol–water partition coefficient (Wildman–Crippen LogP) is 15.4. The van der Waals surface area contributed by atoms with Crippen molar-refractivity contribution in [1.29, 1.82) is 42.1 Å². The maximum Gasteiger partial charge on any atom is 0.304 e. The molecule has 0 bridgehead atoms. The van der Waals surface area contributed by atoms with Gasteiger partial charge in [0.1, 0.15) is 70.8 Å². The number of rotatable bonds is 16. The highest BCUT2D eigenvalue weighted by Crippen LogP contribution is 2.61. The Hall–Kier alpha value is -7.56. The summed E-state index contributed by atoms with van der Waals surface area (Å²) in [5.41, 5.74) is -2.03. The minimum absolute atomic E-state index is 0.0603. The number of unbranched alkanes of at least 4 members (excludes halogenated alkanes) is 10. The van der Waals surface area contributed by atoms with Crippen molar-refractivity contribution in [3.05, 3.63) is 103 Å². The predicted molar refractivity (Wildman–Crippen MR) is 258 cm³/mol. The van der Waals surface area contributed by atoms with E-state index in [1.165, 1.54) is 12.1 Å². The third-order valence-corrected chi connectivity index (χ3v) is 15.9. The number of benzene rings is 2. The molecule has 4 aromatic rings. The summed E-state index contributed by atoms with van der Waals surface area (Å²) < 4.78 is 64.6. The SMILES string of the molecule is CCCCCCCCC1(CCCCCCCC)c2cc(-c3cc4c(s3)C(=C(C#N)C#N)C(F)(F)C4=C(C#N)C#N)ccc2-c2ccc(-c3cc4c(s3)C(=C(C#N)C#N)C(F)(F)C4=C(C#N)C#N)cc21. The van der Waals surface area contributed by atoms with Crippen LogP contribution in [0.15, 0.2) is 70.8 Å². The van der Waals surface area contributed by atoms with Gasteiger partial charge in [0, 0.05) is 36.1 Å². The van der Waals surface area contributed by atoms with E-state index in [-0.39, 0.29) is 20.9 Å². The van der Waals surface area contributed by atoms with Crippen LogP contribution in [0.3, 0.4) is 0 Å². The van der Waals surface area contributed by atoms with E-state index in [0.29, 0.717) is 20.9 Å². The van der Waals surface area contributed by atoms with Crippen LogP contribution in [-0.4, -0.2) is 11.8 Å². The number of fused-ring (bicyclic) bond motifs is 5. The lowest BCUT2D eigenvalue weighted by Crippen LogP contribution is -2.25. The second kappa shape index (κ2) is 20.3. The van der Waals surface area contributed by atoms with Crippen molar-refractivity contribution in [1.82, 2.24) is 0 Å². The Morgan fingerprint density at radius 1 is 0.420 bits per heavy atom. The van der Waals surface area contributed by atoms with E-state index >= 15 is 17.6 Å². The first-order valence-electron chi connectivity index (χ1n) is 22.9. The number of thiophene rings is 2. The summed E-state index contributed by atoms with van der Waals surface area (Å²) in [7, 11) is 0. The van der Waals surface area contributed by atoms with Gasteiger partial charge in [0.15, 0.2) is 0 Å². The zero-order chi connectivity index (χ0) is 49.7. The first-order chi connectivity index (χ1) is 33.3. The largest absolute Gasteiger partial charge is 0.304 e. The first-order valence-corrected chi connectivity index (χ1v) is 24.5. The number of halogens is 4. The molecule has 0 radical (unpaired) electrons. The van der Waals surface area contributed by atoms with E-state index in [9.17, 15) is 42.1 Å². The van der Waals surface area contributed by atoms with E-state index in [1.807, 2.05) is 24.3 Å². The minimum Gasteiger partial charge on any atom is -0.196 e. The lowest BCUT2D eigenvalue weighted by atomic mass is 9.70. The number of nitrogens with zero attached hydrogens (tertiary/aromatic N) is 8. The van der Waals surface area contributed by atoms with E-state index in [0.717, 1.165) is 135 Å². The van der Waals surface area contributed by atoms with Crippen molar-refractivity contribution < 1.29 is 17.6 Å². The van der Waals surface area contributed by atoms with Gasteiger partial charge in [-0.1, -0.05) is 115 Å². The molecule has 2 aromatic carbocycles. The molecule has 0 aliphatic heterocycles. The maximum atomic E-state index is 16.2. The minimum atomic E-state index is -3.94. The van der Waals surface area contributed by atoms with Gasteiger partial charge in [-0.05, 0) is 70.5 Å². The quantitative estimate of drug-likeness (QED) is 0.0602. The molecule has 0 atom stereocenters. The summed E-state index contributed by atoms with van der Waals surface area (Å²) in [6.45, 7) is 4.33. The lowest BCUT2D eigenvalue weighted by Gasteiger charge is -2.33. The molecule has 0 fully saturated rings. The normalized spacial score (nSPS) is 14.9. The molecule has 8 nitrogen and oxygen atoms in total. The standard InChI is InChI=1S/C55H42F4N8S2/c1-3-5-7-9-11-13-19-53(20-14-12-10-8-6-4-2)43-21-33(45-23-41-47(35(25-60)26-61)54(56,57)49(51(41)68-45)37(29-64)30-65)15-17-39(43)40-18-16-34(22-44(40)53)46-24-42-48(36(27-62)28-63)55(58,59)50(52(42)69-46)38(31-66)32-67/h15-18,21-24H,3-14,19-20H2,1-2H3. The summed E-state index contributed by atoms with van der Waals surface area (Å²) in [6, 6.07) is 27.6. The van der Waals surface area contributed by atoms with Crippen LogP contribution < -0.4 is 0 Å². The van der Waals surface area contributed by atoms with Crippen LogP contribution in [0.5, 0.6) is 0 Å². The van der Waals surface area contributed by atoms with Gasteiger partial charge in [0.25, 0.3) is 0 Å². The molecule has 2 heterocycles. The van der Waals surface area contributed by atoms with Gasteiger partial charge in [0.2, 0.25) is 0 Å². The summed E-state index contributed by atoms with van der Waals surface area (Å²) in [5.74, 6) is -7.88. The number of allylic oxidation sites excluding steroid dienone is 8. The van der Waals surface area contributed by atoms with Crippen molar-refractivity contribution in [2.45, 2.75) is 121 Å². The van der Waals surface area contributed by atoms with Crippen molar-refractivity contribution in [2.24, 2.45) is 0 Å². The number of hydrogen-bond acceptors (Lipinski definition) is 10. The van der Waals surface area contributed by atoms with Crippen LogP contribution in [0.1, 0.15) is 136 Å². The molecule has 342 valence electrons. The zero-order valence-corrected chi connectivity index (χ0v) is 39.6. The third-order valence-electron chi connectivity index (χ3n) is 13.5. The fourth-order valence-electron chi connectivity index (χ4n) is 10.2. The van der Waals surface area contributed by atoms with Crippen LogP contribution in [0.25, 0.3) is 54.3 Å². The molecule has 14 heteroatoms. The number of hydrogen-bond donors (Lipinski definition) is 0. The molecule has 69 heavy (non-hydrogen) atoms. The Bertz CT molecular complexity index is 2850. The maximum absolute atomic E-state index is 16.2. The second-order valence-corrected chi connectivity index (χ2v) is 19.5. The molecule has 7 rings (SSSR count). The molecule has 2 aromatic heterocycles. The van der Waals surface area contributed by atoms with E-state index < -0.39 is 61.8 Å². The van der Waals surface area contributed by atoms with Crippen molar-refractivity contribution in [2.75, 3.05) is 0 Å². The average molecular weight is 955 g/mol. The average Bonchev–Trinajstić information content (AvgIpc) is 4.12. The summed E-state index contributed by atoms with van der Waals surface area (Å²) in [4.78, 5) is 0.943. The van der Waals surface area contributed by atoms with E-state index in [2.05, 4.69) is 26.0 Å². The Labute approximate surface area is 407 Å². The summed E-state index contributed by atoms with van der Waals surface area (Å²) in [6.07, 6.45) is 14.0. The fourth-order valence-corrected chi connectivity index (χ4v) is 12.7. The van der Waals surface area contributed by atoms with Crippen LogP contribution >= 0.6 is 22.7 Å². The topological polar surface area (TPSA) is 190 Å². The molecule has 3 aliphatic rings. The molecule has 3 aliphatic carbocycles. The van der Waals surface area contributed by atoms with Gasteiger partial charge in [-0.15, -0.1) is 22.7 Å². The van der Waals surface area contributed by atoms with Gasteiger partial charge in [-0.2, -0.15) is 59.7 Å². The summed E-state index contributed by atoms with van der Waals surface area (Å²) >= 11 is 1.93. The van der Waals surface area contributed by atoms with Crippen molar-refractivity contribution >= 4 is 45.0 Å². The first kappa shape index (κ1) is 49.3. The molecule has 0 spiro atoms. The monoisotopic (exact) mass is 954 g/mol. The molecule has 0 N–H and O–H groups in total. The van der Waals surface area contributed by atoms with E-state index in [4.69, 9.17) is 0 Å². The lowest BCUT2D eigenvalue weighted by molar-refractivity contribution is 0.138. The Balaban J connectivity index is 1.43. The van der Waals surface area contributed by atoms with Gasteiger partial charge in [0.05, 0.1) is 22.3 Å². The summed E-state index contributed by atoms with van der Waals surface area (Å²) in [5, 5.41) is 78.3. The number of nitriles is 8. The van der Waals surface area contributed by atoms with Crippen LogP contribution in [0.4, 0.5) is 17.6 Å². The molecule has 0 unspecified atom stereocenters. The van der Waals surface area contributed by atoms with Gasteiger partial charge in [-0.25, -0.2) is 0 Å². The Morgan fingerprint density at radius 3 is 1.07 bits per heavy atom. The van der Waals surface area contributed by atoms with Crippen LogP contribution in [0, 0.1) is 90.6 Å². The highest BCUT2D eigenvalue weighted by Gasteiger charge is 2.54. The zero-order valence-electron chi connectivity index (χ0n) is 37.9. The highest BCUT2D eigenvalue weighted by atomic mass is 32.1. The van der Waals surface area contributed by atoms with Crippen LogP contribution in [-0.2, 0) is 5.41 Å². The van der Waals surface area contributed by atoms with Crippen molar-refractivity contribution in [3.63, 3.8) is 0 Å². The van der Waals surface area contributed by atoms with Crippen molar-refractivity contribution in [3.8, 4) is 80.6 Å². The highest BCUT2D eigenvalue weighted by molar-refractivity contribution is 7.17. The molecular formula is C55H42F4N8S2. The fraction of sp³-hybridized carbons (Fsp3) is 0.345. The Kier molecular flexibility index (Phi) is 14.6. The molecule has 0 saturated heterocycles. The smallest absolute Gasteiger partial charge is 0.196 e. The molecule has 0 amide bonds.